The van der Waals surface area contributed by atoms with Gasteiger partial charge in [-0.25, -0.2) is 0 Å². The predicted octanol–water partition coefficient (Wildman–Crippen LogP) is 2.11. The number of H-pyrrole nitrogens is 1. The molecule has 0 radical (unpaired) electrons. The molecule has 0 aliphatic heterocycles. The molecule has 2 N–H and O–H groups in total. The average molecular weight is 272 g/mol. The van der Waals surface area contributed by atoms with E-state index in [9.17, 15) is 4.79 Å². The Labute approximate surface area is 118 Å². The number of carbonyl (C=O) groups is 1. The van der Waals surface area contributed by atoms with Crippen LogP contribution in [0.15, 0.2) is 18.2 Å². The first-order chi connectivity index (χ1) is 9.70. The van der Waals surface area contributed by atoms with Gasteiger partial charge in [0, 0.05) is 35.8 Å². The fraction of sp³-hybridized carbons (Fsp3) is 0.438. The maximum absolute atomic E-state index is 12.3. The van der Waals surface area contributed by atoms with Crippen molar-refractivity contribution in [3.8, 4) is 0 Å². The van der Waals surface area contributed by atoms with E-state index >= 15 is 0 Å². The summed E-state index contributed by atoms with van der Waals surface area (Å²) in [7, 11) is 1.72. The molecule has 1 aromatic heterocycles. The second kappa shape index (κ2) is 5.29. The molecule has 0 spiro atoms. The number of amides is 1. The standard InChI is InChI=1S/C16H20N2O2/c1-18(8-9-19)16(20)11-6-7-15-13(10-11)12-4-2-3-5-14(12)17-15/h6-7,10,17,19H,2-5,8-9H2,1H3. The van der Waals surface area contributed by atoms with Crippen LogP contribution >= 0.6 is 0 Å². The molecule has 1 aromatic carbocycles. The largest absolute Gasteiger partial charge is 0.395 e. The minimum absolute atomic E-state index is 0.00988. The van der Waals surface area contributed by atoms with Crippen molar-refractivity contribution in [1.82, 2.24) is 9.88 Å². The Balaban J connectivity index is 1.99. The summed E-state index contributed by atoms with van der Waals surface area (Å²) in [6, 6.07) is 5.85. The van der Waals surface area contributed by atoms with Crippen molar-refractivity contribution in [2.75, 3.05) is 20.2 Å². The highest BCUT2D eigenvalue weighted by Crippen LogP contribution is 2.29. The molecule has 0 atom stereocenters. The summed E-state index contributed by atoms with van der Waals surface area (Å²) in [5, 5.41) is 10.1. The number of hydrogen-bond acceptors (Lipinski definition) is 2. The summed E-state index contributed by atoms with van der Waals surface area (Å²) >= 11 is 0. The van der Waals surface area contributed by atoms with Gasteiger partial charge in [0.1, 0.15) is 0 Å². The average Bonchev–Trinajstić information content (AvgIpc) is 2.84. The van der Waals surface area contributed by atoms with Crippen LogP contribution in [-0.2, 0) is 12.8 Å². The highest BCUT2D eigenvalue weighted by atomic mass is 16.3. The Morgan fingerprint density at radius 3 is 2.95 bits per heavy atom. The van der Waals surface area contributed by atoms with Gasteiger partial charge >= 0.3 is 0 Å². The molecule has 20 heavy (non-hydrogen) atoms. The van der Waals surface area contributed by atoms with Crippen molar-refractivity contribution in [2.45, 2.75) is 25.7 Å². The minimum Gasteiger partial charge on any atom is -0.395 e. The van der Waals surface area contributed by atoms with E-state index in [2.05, 4.69) is 4.98 Å². The van der Waals surface area contributed by atoms with Crippen LogP contribution in [0.4, 0.5) is 0 Å². The molecule has 106 valence electrons. The van der Waals surface area contributed by atoms with E-state index in [0.717, 1.165) is 18.4 Å². The molecule has 1 aliphatic carbocycles. The number of rotatable bonds is 3. The van der Waals surface area contributed by atoms with Gasteiger partial charge in [-0.2, -0.15) is 0 Å². The van der Waals surface area contributed by atoms with Crippen LogP contribution < -0.4 is 0 Å². The molecular weight excluding hydrogens is 252 g/mol. The first kappa shape index (κ1) is 13.2. The number of benzene rings is 1. The fourth-order valence-corrected chi connectivity index (χ4v) is 3.01. The Bertz CT molecular complexity index is 645. The summed E-state index contributed by atoms with van der Waals surface area (Å²) in [5.41, 5.74) is 4.53. The number of likely N-dealkylation sites (N-methyl/N-ethyl adjacent to an activating group) is 1. The number of carbonyl (C=O) groups excluding carboxylic acids is 1. The van der Waals surface area contributed by atoms with Gasteiger partial charge in [0.15, 0.2) is 0 Å². The SMILES string of the molecule is CN(CCO)C(=O)c1ccc2[nH]c3c(c2c1)CCCC3. The lowest BCUT2D eigenvalue weighted by Crippen LogP contribution is -2.29. The molecule has 2 aromatic rings. The third-order valence-electron chi connectivity index (χ3n) is 4.13. The summed E-state index contributed by atoms with van der Waals surface area (Å²) in [4.78, 5) is 17.3. The van der Waals surface area contributed by atoms with Crippen LogP contribution in [0.5, 0.6) is 0 Å². The number of hydrogen-bond donors (Lipinski definition) is 2. The van der Waals surface area contributed by atoms with Crippen LogP contribution in [0.1, 0.15) is 34.5 Å². The van der Waals surface area contributed by atoms with Gasteiger partial charge in [-0.15, -0.1) is 0 Å². The molecule has 0 bridgehead atoms. The van der Waals surface area contributed by atoms with E-state index in [0.29, 0.717) is 12.1 Å². The highest BCUT2D eigenvalue weighted by molar-refractivity contribution is 5.99. The van der Waals surface area contributed by atoms with Crippen LogP contribution in [-0.4, -0.2) is 41.1 Å². The molecule has 0 unspecified atom stereocenters. The zero-order chi connectivity index (χ0) is 14.1. The number of aromatic nitrogens is 1. The van der Waals surface area contributed by atoms with Gasteiger partial charge in [0.2, 0.25) is 0 Å². The first-order valence-electron chi connectivity index (χ1n) is 7.20. The molecular formula is C16H20N2O2. The van der Waals surface area contributed by atoms with Gasteiger partial charge in [0.25, 0.3) is 5.91 Å². The van der Waals surface area contributed by atoms with Crippen LogP contribution in [0.3, 0.4) is 0 Å². The molecule has 4 nitrogen and oxygen atoms in total. The molecule has 3 rings (SSSR count). The lowest BCUT2D eigenvalue weighted by atomic mass is 9.95. The third kappa shape index (κ3) is 2.20. The van der Waals surface area contributed by atoms with Crippen molar-refractivity contribution in [2.24, 2.45) is 0 Å². The van der Waals surface area contributed by atoms with E-state index in [1.54, 1.807) is 11.9 Å². The monoisotopic (exact) mass is 272 g/mol. The Hall–Kier alpha value is -1.81. The lowest BCUT2D eigenvalue weighted by molar-refractivity contribution is 0.0767. The van der Waals surface area contributed by atoms with Gasteiger partial charge in [-0.3, -0.25) is 4.79 Å². The van der Waals surface area contributed by atoms with Crippen molar-refractivity contribution >= 4 is 16.8 Å². The Kier molecular flexibility index (Phi) is 3.49. The molecule has 0 fully saturated rings. The number of aliphatic hydroxyl groups is 1. The summed E-state index contributed by atoms with van der Waals surface area (Å²) in [6.07, 6.45) is 4.67. The highest BCUT2D eigenvalue weighted by Gasteiger charge is 2.17. The zero-order valence-electron chi connectivity index (χ0n) is 11.8. The maximum atomic E-state index is 12.3. The number of nitrogens with zero attached hydrogens (tertiary/aromatic N) is 1. The Morgan fingerprint density at radius 2 is 2.15 bits per heavy atom. The van der Waals surface area contributed by atoms with Gasteiger partial charge in [-0.1, -0.05) is 0 Å². The maximum Gasteiger partial charge on any atom is 0.253 e. The van der Waals surface area contributed by atoms with Crippen LogP contribution in [0, 0.1) is 0 Å². The molecule has 0 saturated carbocycles. The second-order valence-electron chi connectivity index (χ2n) is 5.50. The molecule has 0 saturated heterocycles. The fourth-order valence-electron chi connectivity index (χ4n) is 3.01. The molecule has 1 amide bonds. The predicted molar refractivity (Wildman–Crippen MR) is 79.0 cm³/mol. The van der Waals surface area contributed by atoms with E-state index in [1.165, 1.54) is 29.5 Å². The first-order valence-corrected chi connectivity index (χ1v) is 7.20. The molecule has 4 heteroatoms. The van der Waals surface area contributed by atoms with Crippen molar-refractivity contribution in [3.63, 3.8) is 0 Å². The van der Waals surface area contributed by atoms with Crippen LogP contribution in [0.2, 0.25) is 0 Å². The number of aromatic amines is 1. The van der Waals surface area contributed by atoms with Crippen molar-refractivity contribution in [1.29, 1.82) is 0 Å². The van der Waals surface area contributed by atoms with E-state index in [-0.39, 0.29) is 12.5 Å². The van der Waals surface area contributed by atoms with Crippen LogP contribution in [0.25, 0.3) is 10.9 Å². The Morgan fingerprint density at radius 1 is 1.35 bits per heavy atom. The second-order valence-corrected chi connectivity index (χ2v) is 5.50. The van der Waals surface area contributed by atoms with E-state index in [4.69, 9.17) is 5.11 Å². The summed E-state index contributed by atoms with van der Waals surface area (Å²) in [6.45, 7) is 0.353. The number of nitrogens with one attached hydrogen (secondary N) is 1. The molecule has 1 aliphatic rings. The van der Waals surface area contributed by atoms with Crippen molar-refractivity contribution in [3.05, 3.63) is 35.0 Å². The number of aliphatic hydroxyl groups excluding tert-OH is 1. The summed E-state index contributed by atoms with van der Waals surface area (Å²) in [5.74, 6) is -0.0355. The topological polar surface area (TPSA) is 56.3 Å². The minimum atomic E-state index is -0.0355. The van der Waals surface area contributed by atoms with Crippen molar-refractivity contribution < 1.29 is 9.90 Å². The number of fused-ring (bicyclic) bond motifs is 3. The van der Waals surface area contributed by atoms with Gasteiger partial charge in [0.05, 0.1) is 6.61 Å². The van der Waals surface area contributed by atoms with Gasteiger partial charge < -0.3 is 15.0 Å². The normalized spacial score (nSPS) is 14.3. The lowest BCUT2D eigenvalue weighted by Gasteiger charge is -2.16. The zero-order valence-corrected chi connectivity index (χ0v) is 11.8. The quantitative estimate of drug-likeness (QED) is 0.899. The third-order valence-corrected chi connectivity index (χ3v) is 4.13. The number of aryl methyl sites for hydroxylation is 2. The smallest absolute Gasteiger partial charge is 0.253 e. The summed E-state index contributed by atoms with van der Waals surface area (Å²) < 4.78 is 0. The van der Waals surface area contributed by atoms with E-state index in [1.807, 2.05) is 18.2 Å². The van der Waals surface area contributed by atoms with Gasteiger partial charge in [-0.05, 0) is 49.4 Å². The van der Waals surface area contributed by atoms with E-state index < -0.39 is 0 Å². The molecule has 1 heterocycles.